The topological polar surface area (TPSA) is 134 Å². The second-order valence-corrected chi connectivity index (χ2v) is 12.5. The minimum Gasteiger partial charge on any atom is -0.444 e. The van der Waals surface area contributed by atoms with E-state index in [9.17, 15) is 32.3 Å². The maximum atomic E-state index is 13.9. The maximum Gasteiger partial charge on any atom is 0.416 e. The number of ether oxygens (including phenoxy) is 1. The lowest BCUT2D eigenvalue weighted by molar-refractivity contribution is -0.137. The maximum absolute atomic E-state index is 13.9. The SMILES string of the molecule is CC(=O)N1CCN(c2c(C)n(CC(=O)Nc3ccc(C(F)(F)F)cc3)c3nc(C4=CCN(C(=O)OC(C)(C)C)CC4)nn3c2=O)CC1. The third-order valence-corrected chi connectivity index (χ3v) is 7.96. The van der Waals surface area contributed by atoms with Crippen molar-refractivity contribution in [1.29, 1.82) is 0 Å². The fourth-order valence-corrected chi connectivity index (χ4v) is 5.53. The number of alkyl halides is 3. The van der Waals surface area contributed by atoms with Gasteiger partial charge in [-0.1, -0.05) is 6.08 Å². The average Bonchev–Trinajstić information content (AvgIpc) is 3.45. The third-order valence-electron chi connectivity index (χ3n) is 7.96. The van der Waals surface area contributed by atoms with Gasteiger partial charge in [-0.3, -0.25) is 14.4 Å². The van der Waals surface area contributed by atoms with Crippen LogP contribution in [0.25, 0.3) is 11.4 Å². The van der Waals surface area contributed by atoms with Crippen molar-refractivity contribution >= 4 is 40.6 Å². The molecule has 2 aliphatic heterocycles. The second-order valence-electron chi connectivity index (χ2n) is 12.5. The van der Waals surface area contributed by atoms with E-state index in [1.54, 1.807) is 48.1 Å². The molecule has 0 radical (unpaired) electrons. The van der Waals surface area contributed by atoms with Gasteiger partial charge in [-0.2, -0.15) is 22.7 Å². The van der Waals surface area contributed by atoms with Gasteiger partial charge in [0.05, 0.1) is 5.56 Å². The molecule has 0 bridgehead atoms. The predicted octanol–water partition coefficient (Wildman–Crippen LogP) is 3.55. The molecule has 0 atom stereocenters. The van der Waals surface area contributed by atoms with E-state index in [0.29, 0.717) is 56.1 Å². The van der Waals surface area contributed by atoms with Crippen LogP contribution in [0.3, 0.4) is 0 Å². The summed E-state index contributed by atoms with van der Waals surface area (Å²) in [6.45, 7) is 10.4. The van der Waals surface area contributed by atoms with Crippen molar-refractivity contribution in [3.05, 3.63) is 57.8 Å². The standard InChI is InChI=1S/C31H37F3N8O5/c1-19-25(39-16-14-38(15-17-39)20(2)43)27(45)42-28(41(19)18-24(44)35-23-8-6-22(7-9-23)31(32,33)34)36-26(37-42)21-10-12-40(13-11-21)29(46)47-30(3,4)5/h6-10H,11-18H2,1-5H3,(H,35,44). The van der Waals surface area contributed by atoms with Gasteiger partial charge in [-0.25, -0.2) is 4.79 Å². The lowest BCUT2D eigenvalue weighted by atomic mass is 10.1. The summed E-state index contributed by atoms with van der Waals surface area (Å²) in [5.41, 5.74) is -0.313. The van der Waals surface area contributed by atoms with Crippen molar-refractivity contribution < 1.29 is 32.3 Å². The van der Waals surface area contributed by atoms with E-state index in [0.717, 1.165) is 16.6 Å². The molecule has 0 spiro atoms. The van der Waals surface area contributed by atoms with Crippen molar-refractivity contribution in [3.8, 4) is 0 Å². The highest BCUT2D eigenvalue weighted by Crippen LogP contribution is 2.30. The van der Waals surface area contributed by atoms with Crippen LogP contribution in [0.2, 0.25) is 0 Å². The van der Waals surface area contributed by atoms with Crippen LogP contribution in [-0.2, 0) is 27.0 Å². The highest BCUT2D eigenvalue weighted by Gasteiger charge is 2.31. The highest BCUT2D eigenvalue weighted by atomic mass is 19.4. The van der Waals surface area contributed by atoms with Crippen molar-refractivity contribution in [3.63, 3.8) is 0 Å². The van der Waals surface area contributed by atoms with E-state index < -0.39 is 34.9 Å². The number of carbonyl (C=O) groups excluding carboxylic acids is 3. The number of rotatable bonds is 5. The van der Waals surface area contributed by atoms with Gasteiger partial charge in [0.25, 0.3) is 5.56 Å². The van der Waals surface area contributed by atoms with Gasteiger partial charge in [0, 0.05) is 57.6 Å². The lowest BCUT2D eigenvalue weighted by Crippen LogP contribution is -2.50. The zero-order valence-electron chi connectivity index (χ0n) is 26.8. The number of anilines is 2. The fraction of sp³-hybridized carbons (Fsp3) is 0.484. The first-order chi connectivity index (χ1) is 22.0. The minimum atomic E-state index is -4.51. The summed E-state index contributed by atoms with van der Waals surface area (Å²) >= 11 is 0. The Balaban J connectivity index is 1.48. The molecule has 1 aromatic carbocycles. The molecule has 47 heavy (non-hydrogen) atoms. The normalized spacial score (nSPS) is 15.9. The molecule has 5 rings (SSSR count). The van der Waals surface area contributed by atoms with Crippen molar-refractivity contribution in [1.82, 2.24) is 29.0 Å². The zero-order chi connectivity index (χ0) is 34.3. The summed E-state index contributed by atoms with van der Waals surface area (Å²) in [4.78, 5) is 61.3. The number of halogens is 3. The quantitative estimate of drug-likeness (QED) is 0.440. The van der Waals surface area contributed by atoms with E-state index in [1.807, 2.05) is 4.90 Å². The number of hydrogen-bond acceptors (Lipinski definition) is 8. The Morgan fingerprint density at radius 2 is 1.64 bits per heavy atom. The van der Waals surface area contributed by atoms with E-state index in [-0.39, 0.29) is 36.3 Å². The molecule has 2 aromatic heterocycles. The highest BCUT2D eigenvalue weighted by molar-refractivity contribution is 5.91. The Hall–Kier alpha value is -4.89. The summed E-state index contributed by atoms with van der Waals surface area (Å²) in [6.07, 6.45) is -2.76. The van der Waals surface area contributed by atoms with Gasteiger partial charge < -0.3 is 29.3 Å². The summed E-state index contributed by atoms with van der Waals surface area (Å²) in [7, 11) is 0. The third kappa shape index (κ3) is 7.41. The van der Waals surface area contributed by atoms with Crippen LogP contribution < -0.4 is 15.8 Å². The van der Waals surface area contributed by atoms with Crippen LogP contribution in [-0.4, -0.2) is 91.7 Å². The predicted molar refractivity (Wildman–Crippen MR) is 167 cm³/mol. The number of amides is 3. The van der Waals surface area contributed by atoms with Crippen LogP contribution in [0.1, 0.15) is 51.2 Å². The number of nitrogens with zero attached hydrogens (tertiary/aromatic N) is 7. The van der Waals surface area contributed by atoms with Crippen LogP contribution in [0.5, 0.6) is 0 Å². The molecule has 252 valence electrons. The molecule has 16 heteroatoms. The molecule has 1 N–H and O–H groups in total. The zero-order valence-corrected chi connectivity index (χ0v) is 26.8. The van der Waals surface area contributed by atoms with Gasteiger partial charge >= 0.3 is 12.3 Å². The van der Waals surface area contributed by atoms with Crippen LogP contribution in [0.4, 0.5) is 29.3 Å². The first-order valence-electron chi connectivity index (χ1n) is 15.2. The smallest absolute Gasteiger partial charge is 0.416 e. The number of aromatic nitrogens is 4. The van der Waals surface area contributed by atoms with Gasteiger partial charge in [-0.15, -0.1) is 5.10 Å². The van der Waals surface area contributed by atoms with Gasteiger partial charge in [0.1, 0.15) is 17.8 Å². The van der Waals surface area contributed by atoms with Crippen LogP contribution >= 0.6 is 0 Å². The van der Waals surface area contributed by atoms with Crippen molar-refractivity contribution in [2.45, 2.75) is 59.4 Å². The lowest BCUT2D eigenvalue weighted by Gasteiger charge is -2.36. The molecule has 1 fully saturated rings. The van der Waals surface area contributed by atoms with Crippen LogP contribution in [0, 0.1) is 6.92 Å². The fourth-order valence-electron chi connectivity index (χ4n) is 5.53. The Kier molecular flexibility index (Phi) is 9.06. The Labute approximate surface area is 268 Å². The van der Waals surface area contributed by atoms with E-state index in [1.165, 1.54) is 19.1 Å². The average molecular weight is 659 g/mol. The molecule has 2 aliphatic rings. The number of carbonyl (C=O) groups is 3. The molecular weight excluding hydrogens is 621 g/mol. The summed E-state index contributed by atoms with van der Waals surface area (Å²) in [5, 5.41) is 7.14. The number of nitrogens with one attached hydrogen (secondary N) is 1. The molecule has 0 unspecified atom stereocenters. The number of fused-ring (bicyclic) bond motifs is 1. The first kappa shape index (κ1) is 33.5. The molecular formula is C31H37F3N8O5. The number of piperazine rings is 1. The van der Waals surface area contributed by atoms with E-state index >= 15 is 0 Å². The Morgan fingerprint density at radius 1 is 0.979 bits per heavy atom. The Morgan fingerprint density at radius 3 is 2.19 bits per heavy atom. The summed E-state index contributed by atoms with van der Waals surface area (Å²) in [5.74, 6) is -0.256. The van der Waals surface area contributed by atoms with E-state index in [2.05, 4.69) is 15.4 Å². The number of benzene rings is 1. The first-order valence-corrected chi connectivity index (χ1v) is 15.2. The monoisotopic (exact) mass is 658 g/mol. The molecule has 13 nitrogen and oxygen atoms in total. The van der Waals surface area contributed by atoms with Gasteiger partial charge in [-0.05, 0) is 64.0 Å². The molecule has 4 heterocycles. The van der Waals surface area contributed by atoms with Gasteiger partial charge in [0.15, 0.2) is 5.82 Å². The molecule has 3 aromatic rings. The molecule has 3 amide bonds. The largest absolute Gasteiger partial charge is 0.444 e. The molecule has 0 saturated carbocycles. The van der Waals surface area contributed by atoms with Crippen molar-refractivity contribution in [2.24, 2.45) is 0 Å². The molecule has 0 aliphatic carbocycles. The molecule has 1 saturated heterocycles. The Bertz CT molecular complexity index is 1780. The van der Waals surface area contributed by atoms with Crippen molar-refractivity contribution in [2.75, 3.05) is 49.5 Å². The second kappa shape index (κ2) is 12.7. The van der Waals surface area contributed by atoms with Gasteiger partial charge in [0.2, 0.25) is 17.6 Å². The summed E-state index contributed by atoms with van der Waals surface area (Å²) in [6, 6.07) is 4.09. The van der Waals surface area contributed by atoms with Crippen LogP contribution in [0.15, 0.2) is 35.1 Å². The van der Waals surface area contributed by atoms with E-state index in [4.69, 9.17) is 4.74 Å². The summed E-state index contributed by atoms with van der Waals surface area (Å²) < 4.78 is 47.2. The minimum absolute atomic E-state index is 0.0684. The number of hydrogen-bond donors (Lipinski definition) is 1.